The van der Waals surface area contributed by atoms with Gasteiger partial charge >= 0.3 is 0 Å². The number of nitrogens with one attached hydrogen (secondary N) is 1. The number of aryl methyl sites for hydroxylation is 2. The van der Waals surface area contributed by atoms with Gasteiger partial charge in [-0.05, 0) is 32.4 Å². The van der Waals surface area contributed by atoms with Gasteiger partial charge < -0.3 is 14.8 Å². The number of anilines is 2. The number of aromatic amines is 1. The number of likely N-dealkylation sites (N-methyl/N-ethyl adjacent to an activating group) is 1. The minimum absolute atomic E-state index is 0.00777. The summed E-state index contributed by atoms with van der Waals surface area (Å²) < 4.78 is 0. The molecule has 2 amide bonds. The molecular weight excluding hydrogens is 320 g/mol. The molecular formula is C18H20N4O3. The molecule has 0 saturated carbocycles. The number of fused-ring (bicyclic) bond motifs is 1. The van der Waals surface area contributed by atoms with Crippen LogP contribution in [0.15, 0.2) is 29.1 Å². The SMILES string of the molecule is Cc1nc(C)c(CCC(=O)N2CC(=O)N(C)c3ccccc32)c(=O)[nH]1. The van der Waals surface area contributed by atoms with E-state index >= 15 is 0 Å². The normalized spacial score (nSPS) is 13.8. The first kappa shape index (κ1) is 16.9. The number of hydrogen-bond acceptors (Lipinski definition) is 4. The van der Waals surface area contributed by atoms with E-state index in [1.165, 1.54) is 4.90 Å². The highest BCUT2D eigenvalue weighted by Gasteiger charge is 2.30. The number of nitrogens with zero attached hydrogens (tertiary/aromatic N) is 3. The monoisotopic (exact) mass is 340 g/mol. The molecule has 2 aromatic rings. The van der Waals surface area contributed by atoms with Gasteiger partial charge in [-0.1, -0.05) is 12.1 Å². The number of carbonyl (C=O) groups is 2. The molecule has 0 atom stereocenters. The van der Waals surface area contributed by atoms with Crippen molar-refractivity contribution in [1.82, 2.24) is 9.97 Å². The van der Waals surface area contributed by atoms with Crippen molar-refractivity contribution in [2.75, 3.05) is 23.4 Å². The second-order valence-corrected chi connectivity index (χ2v) is 6.14. The molecule has 1 aliphatic rings. The van der Waals surface area contributed by atoms with Crippen LogP contribution in [0, 0.1) is 13.8 Å². The van der Waals surface area contributed by atoms with Gasteiger partial charge in [0.1, 0.15) is 12.4 Å². The van der Waals surface area contributed by atoms with Gasteiger partial charge in [-0.3, -0.25) is 14.4 Å². The highest BCUT2D eigenvalue weighted by atomic mass is 16.2. The molecule has 0 fully saturated rings. The number of hydrogen-bond donors (Lipinski definition) is 1. The third-order valence-electron chi connectivity index (χ3n) is 4.43. The Bertz CT molecular complexity index is 903. The lowest BCUT2D eigenvalue weighted by molar-refractivity contribution is -0.122. The summed E-state index contributed by atoms with van der Waals surface area (Å²) in [4.78, 5) is 46.9. The van der Waals surface area contributed by atoms with Gasteiger partial charge in [-0.15, -0.1) is 0 Å². The van der Waals surface area contributed by atoms with Crippen LogP contribution < -0.4 is 15.4 Å². The van der Waals surface area contributed by atoms with Gasteiger partial charge in [0.25, 0.3) is 5.56 Å². The fraction of sp³-hybridized carbons (Fsp3) is 0.333. The van der Waals surface area contributed by atoms with Crippen LogP contribution in [0.25, 0.3) is 0 Å². The Kier molecular flexibility index (Phi) is 4.39. The van der Waals surface area contributed by atoms with Gasteiger partial charge in [0.05, 0.1) is 11.4 Å². The fourth-order valence-electron chi connectivity index (χ4n) is 3.07. The van der Waals surface area contributed by atoms with E-state index in [2.05, 4.69) is 9.97 Å². The maximum atomic E-state index is 12.7. The van der Waals surface area contributed by atoms with Crippen molar-refractivity contribution in [2.24, 2.45) is 0 Å². The van der Waals surface area contributed by atoms with E-state index in [9.17, 15) is 14.4 Å². The van der Waals surface area contributed by atoms with Crippen molar-refractivity contribution >= 4 is 23.2 Å². The molecule has 1 aromatic heterocycles. The third kappa shape index (κ3) is 3.17. The van der Waals surface area contributed by atoms with Crippen LogP contribution >= 0.6 is 0 Å². The lowest BCUT2D eigenvalue weighted by Gasteiger charge is -2.34. The van der Waals surface area contributed by atoms with E-state index in [0.29, 0.717) is 28.5 Å². The highest BCUT2D eigenvalue weighted by molar-refractivity contribution is 6.10. The molecule has 130 valence electrons. The van der Waals surface area contributed by atoms with E-state index in [-0.39, 0.29) is 36.8 Å². The molecule has 0 spiro atoms. The van der Waals surface area contributed by atoms with Crippen LogP contribution in [0.2, 0.25) is 0 Å². The molecule has 0 radical (unpaired) electrons. The topological polar surface area (TPSA) is 86.4 Å². The maximum Gasteiger partial charge on any atom is 0.254 e. The third-order valence-corrected chi connectivity index (χ3v) is 4.43. The Morgan fingerprint density at radius 1 is 1.20 bits per heavy atom. The molecule has 3 rings (SSSR count). The number of carbonyl (C=O) groups excluding carboxylic acids is 2. The average molecular weight is 340 g/mol. The van der Waals surface area contributed by atoms with E-state index < -0.39 is 0 Å². The second-order valence-electron chi connectivity index (χ2n) is 6.14. The lowest BCUT2D eigenvalue weighted by Crippen LogP contribution is -2.46. The molecule has 1 N–H and O–H groups in total. The van der Waals surface area contributed by atoms with Crippen molar-refractivity contribution in [3.8, 4) is 0 Å². The molecule has 1 aromatic carbocycles. The fourth-order valence-corrected chi connectivity index (χ4v) is 3.07. The van der Waals surface area contributed by atoms with Crippen LogP contribution in [0.3, 0.4) is 0 Å². The summed E-state index contributed by atoms with van der Waals surface area (Å²) in [5.74, 6) is 0.225. The predicted molar refractivity (Wildman–Crippen MR) is 94.9 cm³/mol. The van der Waals surface area contributed by atoms with Gasteiger partial charge in [0.2, 0.25) is 11.8 Å². The zero-order chi connectivity index (χ0) is 18.1. The van der Waals surface area contributed by atoms with Crippen molar-refractivity contribution in [1.29, 1.82) is 0 Å². The summed E-state index contributed by atoms with van der Waals surface area (Å²) in [5, 5.41) is 0. The highest BCUT2D eigenvalue weighted by Crippen LogP contribution is 2.32. The van der Waals surface area contributed by atoms with Crippen LogP contribution in [-0.2, 0) is 16.0 Å². The molecule has 1 aliphatic heterocycles. The van der Waals surface area contributed by atoms with Crippen molar-refractivity contribution in [3.63, 3.8) is 0 Å². The van der Waals surface area contributed by atoms with Crippen LogP contribution in [0.5, 0.6) is 0 Å². The summed E-state index contributed by atoms with van der Waals surface area (Å²) in [5.41, 5.74) is 2.34. The Hall–Kier alpha value is -2.96. The zero-order valence-corrected chi connectivity index (χ0v) is 14.5. The van der Waals surface area contributed by atoms with E-state index in [4.69, 9.17) is 0 Å². The predicted octanol–water partition coefficient (Wildman–Crippen LogP) is 1.33. The molecule has 7 nitrogen and oxygen atoms in total. The number of H-pyrrole nitrogens is 1. The summed E-state index contributed by atoms with van der Waals surface area (Å²) in [7, 11) is 1.70. The van der Waals surface area contributed by atoms with Crippen LogP contribution in [-0.4, -0.2) is 35.4 Å². The Morgan fingerprint density at radius 3 is 2.56 bits per heavy atom. The summed E-state index contributed by atoms with van der Waals surface area (Å²) in [6, 6.07) is 7.30. The number of amides is 2. The Labute approximate surface area is 145 Å². The molecule has 0 unspecified atom stereocenters. The molecule has 0 bridgehead atoms. The van der Waals surface area contributed by atoms with Crippen molar-refractivity contribution < 1.29 is 9.59 Å². The Morgan fingerprint density at radius 2 is 1.88 bits per heavy atom. The minimum atomic E-state index is -0.215. The molecule has 2 heterocycles. The first-order chi connectivity index (χ1) is 11.9. The van der Waals surface area contributed by atoms with Crippen molar-refractivity contribution in [2.45, 2.75) is 26.7 Å². The van der Waals surface area contributed by atoms with Gasteiger partial charge in [-0.25, -0.2) is 4.98 Å². The first-order valence-electron chi connectivity index (χ1n) is 8.11. The van der Waals surface area contributed by atoms with Gasteiger partial charge in [-0.2, -0.15) is 0 Å². The van der Waals surface area contributed by atoms with E-state index in [1.54, 1.807) is 25.8 Å². The lowest BCUT2D eigenvalue weighted by atomic mass is 10.1. The minimum Gasteiger partial charge on any atom is -0.312 e. The van der Waals surface area contributed by atoms with Gasteiger partial charge in [0, 0.05) is 24.7 Å². The van der Waals surface area contributed by atoms with Gasteiger partial charge in [0.15, 0.2) is 0 Å². The van der Waals surface area contributed by atoms with E-state index in [1.807, 2.05) is 24.3 Å². The molecule has 7 heteroatoms. The first-order valence-corrected chi connectivity index (χ1v) is 8.11. The number of para-hydroxylation sites is 2. The molecule has 0 saturated heterocycles. The second kappa shape index (κ2) is 6.51. The van der Waals surface area contributed by atoms with Crippen molar-refractivity contribution in [3.05, 3.63) is 51.7 Å². The quantitative estimate of drug-likeness (QED) is 0.913. The summed E-state index contributed by atoms with van der Waals surface area (Å²) >= 11 is 0. The van der Waals surface area contributed by atoms with Crippen LogP contribution in [0.1, 0.15) is 23.5 Å². The maximum absolute atomic E-state index is 12.7. The molecule has 0 aliphatic carbocycles. The summed E-state index contributed by atoms with van der Waals surface area (Å²) in [6.07, 6.45) is 0.427. The van der Waals surface area contributed by atoms with Crippen LogP contribution in [0.4, 0.5) is 11.4 Å². The Balaban J connectivity index is 1.82. The smallest absolute Gasteiger partial charge is 0.254 e. The number of rotatable bonds is 3. The number of benzene rings is 1. The van der Waals surface area contributed by atoms with E-state index in [0.717, 1.165) is 0 Å². The summed E-state index contributed by atoms with van der Waals surface area (Å²) in [6.45, 7) is 3.49. The largest absolute Gasteiger partial charge is 0.312 e. The molecule has 25 heavy (non-hydrogen) atoms. The standard InChI is InChI=1S/C18H20N4O3/c1-11-13(18(25)20-12(2)19-11)8-9-16(23)22-10-17(24)21(3)14-6-4-5-7-15(14)22/h4-7H,8-10H2,1-3H3,(H,19,20,25). The number of aromatic nitrogens is 2. The zero-order valence-electron chi connectivity index (χ0n) is 14.5. The average Bonchev–Trinajstić information content (AvgIpc) is 2.57.